The van der Waals surface area contributed by atoms with E-state index in [1.165, 1.54) is 23.7 Å². The van der Waals surface area contributed by atoms with Crippen LogP contribution in [0.4, 0.5) is 11.5 Å². The molecule has 18 heavy (non-hydrogen) atoms. The third-order valence-electron chi connectivity index (χ3n) is 3.55. The van der Waals surface area contributed by atoms with Crippen LogP contribution in [-0.2, 0) is 11.8 Å². The van der Waals surface area contributed by atoms with Gasteiger partial charge in [0.2, 0.25) is 5.82 Å². The van der Waals surface area contributed by atoms with Crippen LogP contribution in [0.3, 0.4) is 0 Å². The molecule has 3 rings (SSSR count). The normalized spacial score (nSPS) is 27.4. The molecule has 1 aromatic heterocycles. The maximum absolute atomic E-state index is 10.9. The highest BCUT2D eigenvalue weighted by molar-refractivity contribution is 5.55. The van der Waals surface area contributed by atoms with Gasteiger partial charge in [0.1, 0.15) is 6.20 Å². The Morgan fingerprint density at radius 1 is 1.56 bits per heavy atom. The Balaban J connectivity index is 1.77. The van der Waals surface area contributed by atoms with Gasteiger partial charge in [-0.2, -0.15) is 0 Å². The maximum Gasteiger partial charge on any atom is 0.330 e. The van der Waals surface area contributed by atoms with Crippen molar-refractivity contribution in [3.05, 3.63) is 16.3 Å². The molecule has 1 aliphatic carbocycles. The molecule has 1 aliphatic heterocycles. The van der Waals surface area contributed by atoms with Gasteiger partial charge in [-0.15, -0.1) is 5.10 Å². The van der Waals surface area contributed by atoms with Crippen LogP contribution in [0.1, 0.15) is 19.3 Å². The summed E-state index contributed by atoms with van der Waals surface area (Å²) in [5, 5.41) is 18.2. The lowest BCUT2D eigenvalue weighted by molar-refractivity contribution is -0.384. The third kappa shape index (κ3) is 2.05. The number of hydrogen-bond acceptors (Lipinski definition) is 5. The fourth-order valence-corrected chi connectivity index (χ4v) is 2.54. The lowest BCUT2D eigenvalue weighted by Gasteiger charge is -2.18. The van der Waals surface area contributed by atoms with E-state index < -0.39 is 4.92 Å². The molecule has 0 spiro atoms. The highest BCUT2D eigenvalue weighted by Gasteiger charge is 2.41. The highest BCUT2D eigenvalue weighted by atomic mass is 16.6. The molecule has 7 nitrogen and oxygen atoms in total. The van der Waals surface area contributed by atoms with E-state index in [4.69, 9.17) is 4.74 Å². The summed E-state index contributed by atoms with van der Waals surface area (Å²) in [6, 6.07) is 0.145. The Kier molecular flexibility index (Phi) is 2.70. The van der Waals surface area contributed by atoms with Crippen molar-refractivity contribution < 1.29 is 9.66 Å². The van der Waals surface area contributed by atoms with Crippen molar-refractivity contribution >= 4 is 11.5 Å². The largest absolute Gasteiger partial charge is 0.376 e. The molecule has 1 aromatic rings. The van der Waals surface area contributed by atoms with E-state index in [0.717, 1.165) is 13.0 Å². The molecule has 7 heteroatoms. The lowest BCUT2D eigenvalue weighted by atomic mass is 10.1. The first-order valence-corrected chi connectivity index (χ1v) is 6.21. The van der Waals surface area contributed by atoms with Crippen LogP contribution in [0.25, 0.3) is 0 Å². The molecule has 2 heterocycles. The van der Waals surface area contributed by atoms with Crippen LogP contribution in [0.5, 0.6) is 0 Å². The number of hydrogen-bond donors (Lipinski definition) is 1. The minimum absolute atomic E-state index is 0.0268. The predicted molar refractivity (Wildman–Crippen MR) is 64.4 cm³/mol. The molecule has 0 aromatic carbocycles. The van der Waals surface area contributed by atoms with E-state index in [2.05, 4.69) is 10.4 Å². The minimum Gasteiger partial charge on any atom is -0.376 e. The number of aryl methyl sites for hydroxylation is 1. The zero-order chi connectivity index (χ0) is 12.7. The summed E-state index contributed by atoms with van der Waals surface area (Å²) in [5.41, 5.74) is 0.0268. The fraction of sp³-hybridized carbons (Fsp3) is 0.727. The second-order valence-electron chi connectivity index (χ2n) is 5.01. The average molecular weight is 252 g/mol. The van der Waals surface area contributed by atoms with Crippen LogP contribution >= 0.6 is 0 Å². The standard InChI is InChI=1S/C11H16N4O3/c1-14-6-9(15(16)17)11(13-14)12-8-4-5-18-10(8)7-2-3-7/h6-8,10H,2-5H2,1H3,(H,12,13). The Morgan fingerprint density at radius 2 is 2.33 bits per heavy atom. The van der Waals surface area contributed by atoms with Gasteiger partial charge < -0.3 is 10.1 Å². The second-order valence-corrected chi connectivity index (χ2v) is 5.01. The van der Waals surface area contributed by atoms with Gasteiger partial charge in [0.05, 0.1) is 17.1 Å². The summed E-state index contributed by atoms with van der Waals surface area (Å²) in [5.74, 6) is 0.969. The Bertz CT molecular complexity index is 469. The number of rotatable bonds is 4. The van der Waals surface area contributed by atoms with E-state index >= 15 is 0 Å². The summed E-state index contributed by atoms with van der Waals surface area (Å²) >= 11 is 0. The van der Waals surface area contributed by atoms with Gasteiger partial charge in [-0.05, 0) is 25.2 Å². The van der Waals surface area contributed by atoms with Crippen molar-refractivity contribution in [2.75, 3.05) is 11.9 Å². The van der Waals surface area contributed by atoms with Crippen molar-refractivity contribution in [1.29, 1.82) is 0 Å². The smallest absolute Gasteiger partial charge is 0.330 e. The van der Waals surface area contributed by atoms with E-state index in [1.807, 2.05) is 0 Å². The van der Waals surface area contributed by atoms with Crippen LogP contribution in [0, 0.1) is 16.0 Å². The molecule has 2 unspecified atom stereocenters. The summed E-state index contributed by atoms with van der Waals surface area (Å²) < 4.78 is 7.16. The number of nitrogens with zero attached hydrogens (tertiary/aromatic N) is 3. The average Bonchev–Trinajstić information content (AvgIpc) is 2.94. The summed E-state index contributed by atoms with van der Waals surface area (Å²) in [6.07, 6.45) is 4.89. The molecular weight excluding hydrogens is 236 g/mol. The molecule has 1 N–H and O–H groups in total. The zero-order valence-electron chi connectivity index (χ0n) is 10.2. The third-order valence-corrected chi connectivity index (χ3v) is 3.55. The Labute approximate surface area is 104 Å². The van der Waals surface area contributed by atoms with Crippen LogP contribution < -0.4 is 5.32 Å². The quantitative estimate of drug-likeness (QED) is 0.645. The van der Waals surface area contributed by atoms with Gasteiger partial charge in [0.25, 0.3) is 0 Å². The van der Waals surface area contributed by atoms with Gasteiger partial charge in [0.15, 0.2) is 0 Å². The van der Waals surface area contributed by atoms with E-state index in [-0.39, 0.29) is 17.8 Å². The highest BCUT2D eigenvalue weighted by Crippen LogP contribution is 2.40. The predicted octanol–water partition coefficient (Wildman–Crippen LogP) is 1.31. The molecule has 98 valence electrons. The molecule has 1 saturated carbocycles. The van der Waals surface area contributed by atoms with Crippen molar-refractivity contribution in [2.24, 2.45) is 13.0 Å². The number of anilines is 1. The van der Waals surface area contributed by atoms with Crippen molar-refractivity contribution in [2.45, 2.75) is 31.4 Å². The molecule has 0 radical (unpaired) electrons. The Morgan fingerprint density at radius 3 is 3.00 bits per heavy atom. The first-order chi connectivity index (χ1) is 8.65. The number of nitro groups is 1. The van der Waals surface area contributed by atoms with E-state index in [0.29, 0.717) is 11.7 Å². The van der Waals surface area contributed by atoms with Crippen LogP contribution in [-0.4, -0.2) is 33.5 Å². The van der Waals surface area contributed by atoms with Crippen LogP contribution in [0.2, 0.25) is 0 Å². The number of aromatic nitrogens is 2. The van der Waals surface area contributed by atoms with Crippen molar-refractivity contribution in [3.8, 4) is 0 Å². The van der Waals surface area contributed by atoms with Gasteiger partial charge in [-0.1, -0.05) is 0 Å². The molecule has 2 atom stereocenters. The van der Waals surface area contributed by atoms with Gasteiger partial charge in [0, 0.05) is 13.7 Å². The van der Waals surface area contributed by atoms with Gasteiger partial charge in [-0.25, -0.2) is 0 Å². The topological polar surface area (TPSA) is 82.2 Å². The minimum atomic E-state index is -0.405. The van der Waals surface area contributed by atoms with Gasteiger partial charge in [-0.3, -0.25) is 14.8 Å². The molecular formula is C11H16N4O3. The number of ether oxygens (including phenoxy) is 1. The first-order valence-electron chi connectivity index (χ1n) is 6.21. The van der Waals surface area contributed by atoms with Crippen molar-refractivity contribution in [1.82, 2.24) is 9.78 Å². The number of nitrogens with one attached hydrogen (secondary N) is 1. The Hall–Kier alpha value is -1.63. The monoisotopic (exact) mass is 252 g/mol. The van der Waals surface area contributed by atoms with E-state index in [9.17, 15) is 10.1 Å². The summed E-state index contributed by atoms with van der Waals surface area (Å²) in [6.45, 7) is 0.722. The second kappa shape index (κ2) is 4.24. The van der Waals surface area contributed by atoms with E-state index in [1.54, 1.807) is 7.05 Å². The van der Waals surface area contributed by atoms with Gasteiger partial charge >= 0.3 is 5.69 Å². The lowest BCUT2D eigenvalue weighted by Crippen LogP contribution is -2.31. The zero-order valence-corrected chi connectivity index (χ0v) is 10.2. The molecule has 2 fully saturated rings. The molecule has 1 saturated heterocycles. The molecule has 0 amide bonds. The fourth-order valence-electron chi connectivity index (χ4n) is 2.54. The van der Waals surface area contributed by atoms with Crippen molar-refractivity contribution in [3.63, 3.8) is 0 Å². The maximum atomic E-state index is 10.9. The summed E-state index contributed by atoms with van der Waals surface area (Å²) in [7, 11) is 1.68. The first kappa shape index (κ1) is 11.5. The molecule has 0 bridgehead atoms. The summed E-state index contributed by atoms with van der Waals surface area (Å²) in [4.78, 5) is 10.5. The van der Waals surface area contributed by atoms with Crippen LogP contribution in [0.15, 0.2) is 6.20 Å². The molecule has 2 aliphatic rings. The SMILES string of the molecule is Cn1cc([N+](=O)[O-])c(NC2CCOC2C2CC2)n1.